The fourth-order valence-corrected chi connectivity index (χ4v) is 3.78. The number of nitrogens with two attached hydrogens (primary N) is 1. The smallest absolute Gasteiger partial charge is 0.188 e. The van der Waals surface area contributed by atoms with Crippen LogP contribution in [0, 0.1) is 5.41 Å². The Kier molecular flexibility index (Phi) is 6.14. The van der Waals surface area contributed by atoms with Gasteiger partial charge in [-0.15, -0.1) is 0 Å². The molecule has 0 unspecified atom stereocenters. The predicted molar refractivity (Wildman–Crippen MR) is 83.7 cm³/mol. The fourth-order valence-electron chi connectivity index (χ4n) is 3.78. The van der Waals surface area contributed by atoms with Crippen LogP contribution in [0.5, 0.6) is 0 Å². The first-order valence-electron chi connectivity index (χ1n) is 8.41. The van der Waals surface area contributed by atoms with Crippen molar-refractivity contribution in [2.24, 2.45) is 16.1 Å². The van der Waals surface area contributed by atoms with E-state index in [1.54, 1.807) is 0 Å². The molecule has 2 aliphatic carbocycles. The Morgan fingerprint density at radius 1 is 1.10 bits per heavy atom. The maximum absolute atomic E-state index is 9.31. The molecule has 0 saturated heterocycles. The molecule has 0 aromatic carbocycles. The van der Waals surface area contributed by atoms with Gasteiger partial charge in [0.05, 0.1) is 0 Å². The quantitative estimate of drug-likeness (QED) is 0.536. The minimum atomic E-state index is 0.200. The normalized spacial score (nSPS) is 24.6. The first kappa shape index (κ1) is 15.6. The molecule has 2 saturated carbocycles. The second-order valence-electron chi connectivity index (χ2n) is 6.72. The van der Waals surface area contributed by atoms with Crippen molar-refractivity contribution in [2.45, 2.75) is 76.7 Å². The van der Waals surface area contributed by atoms with Gasteiger partial charge in [0.1, 0.15) is 0 Å². The van der Waals surface area contributed by atoms with Gasteiger partial charge in [0.15, 0.2) is 5.96 Å². The van der Waals surface area contributed by atoms with E-state index in [9.17, 15) is 5.11 Å². The van der Waals surface area contributed by atoms with E-state index in [0.29, 0.717) is 12.0 Å². The summed E-state index contributed by atoms with van der Waals surface area (Å²) in [6.07, 6.45) is 13.5. The zero-order valence-electron chi connectivity index (χ0n) is 12.7. The predicted octanol–water partition coefficient (Wildman–Crippen LogP) is 2.56. The summed E-state index contributed by atoms with van der Waals surface area (Å²) in [5.74, 6) is 0.611. The van der Waals surface area contributed by atoms with E-state index in [0.717, 1.165) is 13.0 Å². The SMILES string of the molecule is NC(=NCC1(CCO)CCCCC1)NC1CCCCC1. The lowest BCUT2D eigenvalue weighted by molar-refractivity contribution is 0.137. The minimum Gasteiger partial charge on any atom is -0.396 e. The molecule has 116 valence electrons. The fraction of sp³-hybridized carbons (Fsp3) is 0.938. The second kappa shape index (κ2) is 7.87. The molecular weight excluding hydrogens is 250 g/mol. The van der Waals surface area contributed by atoms with Crippen molar-refractivity contribution >= 4 is 5.96 Å². The number of aliphatic hydroxyl groups is 1. The molecule has 0 radical (unpaired) electrons. The van der Waals surface area contributed by atoms with Crippen molar-refractivity contribution in [3.8, 4) is 0 Å². The molecule has 4 nitrogen and oxygen atoms in total. The lowest BCUT2D eigenvalue weighted by Crippen LogP contribution is -2.42. The topological polar surface area (TPSA) is 70.6 Å². The number of hydrogen-bond donors (Lipinski definition) is 3. The monoisotopic (exact) mass is 281 g/mol. The first-order valence-corrected chi connectivity index (χ1v) is 8.41. The van der Waals surface area contributed by atoms with Crippen LogP contribution >= 0.6 is 0 Å². The molecule has 20 heavy (non-hydrogen) atoms. The van der Waals surface area contributed by atoms with Crippen molar-refractivity contribution in [1.29, 1.82) is 0 Å². The molecule has 0 spiro atoms. The molecule has 0 heterocycles. The highest BCUT2D eigenvalue weighted by Crippen LogP contribution is 2.39. The van der Waals surface area contributed by atoms with Gasteiger partial charge in [0, 0.05) is 19.2 Å². The Morgan fingerprint density at radius 3 is 2.40 bits per heavy atom. The third-order valence-corrected chi connectivity index (χ3v) is 5.10. The zero-order chi connectivity index (χ0) is 14.3. The molecule has 4 heteroatoms. The number of hydrogen-bond acceptors (Lipinski definition) is 2. The van der Waals surface area contributed by atoms with E-state index in [4.69, 9.17) is 5.73 Å². The highest BCUT2D eigenvalue weighted by atomic mass is 16.3. The van der Waals surface area contributed by atoms with E-state index < -0.39 is 0 Å². The third kappa shape index (κ3) is 4.65. The molecule has 0 aliphatic heterocycles. The van der Waals surface area contributed by atoms with Gasteiger partial charge in [-0.1, -0.05) is 38.5 Å². The summed E-state index contributed by atoms with van der Waals surface area (Å²) in [4.78, 5) is 4.60. The molecule has 2 aliphatic rings. The van der Waals surface area contributed by atoms with Crippen molar-refractivity contribution < 1.29 is 5.11 Å². The molecule has 0 aromatic heterocycles. The Hall–Kier alpha value is -0.770. The van der Waals surface area contributed by atoms with Crippen molar-refractivity contribution in [2.75, 3.05) is 13.2 Å². The summed E-state index contributed by atoms with van der Waals surface area (Å²) in [6, 6.07) is 0.521. The van der Waals surface area contributed by atoms with Crippen LogP contribution in [0.3, 0.4) is 0 Å². The second-order valence-corrected chi connectivity index (χ2v) is 6.72. The average Bonchev–Trinajstić information content (AvgIpc) is 2.48. The number of aliphatic hydroxyl groups excluding tert-OH is 1. The van der Waals surface area contributed by atoms with Crippen LogP contribution < -0.4 is 11.1 Å². The molecule has 0 aromatic rings. The summed E-state index contributed by atoms with van der Waals surface area (Å²) in [6.45, 7) is 1.05. The van der Waals surface area contributed by atoms with Gasteiger partial charge in [-0.3, -0.25) is 4.99 Å². The molecule has 4 N–H and O–H groups in total. The largest absolute Gasteiger partial charge is 0.396 e. The average molecular weight is 281 g/mol. The molecule has 0 amide bonds. The maximum atomic E-state index is 9.31. The maximum Gasteiger partial charge on any atom is 0.188 e. The summed E-state index contributed by atoms with van der Waals surface area (Å²) < 4.78 is 0. The van der Waals surface area contributed by atoms with Crippen LogP contribution in [0.2, 0.25) is 0 Å². The summed E-state index contributed by atoms with van der Waals surface area (Å²) in [7, 11) is 0. The van der Waals surface area contributed by atoms with E-state index >= 15 is 0 Å². The summed E-state index contributed by atoms with van der Waals surface area (Å²) in [5.41, 5.74) is 6.25. The number of rotatable bonds is 5. The minimum absolute atomic E-state index is 0.200. The van der Waals surface area contributed by atoms with Gasteiger partial charge in [0.25, 0.3) is 0 Å². The van der Waals surface area contributed by atoms with Gasteiger partial charge in [-0.2, -0.15) is 0 Å². The van der Waals surface area contributed by atoms with Gasteiger partial charge < -0.3 is 16.2 Å². The van der Waals surface area contributed by atoms with Gasteiger partial charge in [-0.25, -0.2) is 0 Å². The Bertz CT molecular complexity index is 299. The van der Waals surface area contributed by atoms with Gasteiger partial charge in [0.2, 0.25) is 0 Å². The highest BCUT2D eigenvalue weighted by molar-refractivity contribution is 5.78. The van der Waals surface area contributed by atoms with Crippen LogP contribution in [0.4, 0.5) is 0 Å². The van der Waals surface area contributed by atoms with Crippen molar-refractivity contribution in [3.05, 3.63) is 0 Å². The molecule has 2 fully saturated rings. The number of nitrogens with one attached hydrogen (secondary N) is 1. The molecule has 0 atom stereocenters. The third-order valence-electron chi connectivity index (χ3n) is 5.10. The summed E-state index contributed by atoms with van der Waals surface area (Å²) >= 11 is 0. The van der Waals surface area contributed by atoms with Crippen molar-refractivity contribution in [1.82, 2.24) is 5.32 Å². The molecule has 0 bridgehead atoms. The number of nitrogens with zero attached hydrogens (tertiary/aromatic N) is 1. The molecular formula is C16H31N3O. The van der Waals surface area contributed by atoms with Crippen LogP contribution in [-0.2, 0) is 0 Å². The zero-order valence-corrected chi connectivity index (χ0v) is 12.7. The lowest BCUT2D eigenvalue weighted by atomic mass is 9.72. The van der Waals surface area contributed by atoms with Crippen molar-refractivity contribution in [3.63, 3.8) is 0 Å². The number of aliphatic imine (C=N–C) groups is 1. The Morgan fingerprint density at radius 2 is 1.75 bits per heavy atom. The van der Waals surface area contributed by atoms with Crippen LogP contribution in [0.25, 0.3) is 0 Å². The van der Waals surface area contributed by atoms with E-state index in [2.05, 4.69) is 10.3 Å². The van der Waals surface area contributed by atoms with E-state index in [-0.39, 0.29) is 12.0 Å². The van der Waals surface area contributed by atoms with E-state index in [1.807, 2.05) is 0 Å². The Balaban J connectivity index is 1.84. The van der Waals surface area contributed by atoms with Crippen LogP contribution in [0.1, 0.15) is 70.6 Å². The van der Waals surface area contributed by atoms with Gasteiger partial charge >= 0.3 is 0 Å². The first-order chi connectivity index (χ1) is 9.74. The van der Waals surface area contributed by atoms with E-state index in [1.165, 1.54) is 64.2 Å². The lowest BCUT2D eigenvalue weighted by Gasteiger charge is -2.35. The molecule has 2 rings (SSSR count). The number of guanidine groups is 1. The summed E-state index contributed by atoms with van der Waals surface area (Å²) in [5, 5.41) is 12.7. The van der Waals surface area contributed by atoms with Gasteiger partial charge in [-0.05, 0) is 37.5 Å². The van der Waals surface area contributed by atoms with Crippen LogP contribution in [-0.4, -0.2) is 30.3 Å². The standard InChI is InChI=1S/C16H31N3O/c17-15(19-14-7-3-1-4-8-14)18-13-16(11-12-20)9-5-2-6-10-16/h14,20H,1-13H2,(H3,17,18,19). The highest BCUT2D eigenvalue weighted by Gasteiger charge is 2.31. The Labute approximate surface area is 123 Å². The van der Waals surface area contributed by atoms with Crippen LogP contribution in [0.15, 0.2) is 4.99 Å².